The number of ether oxygens (including phenoxy) is 15. The van der Waals surface area contributed by atoms with Crippen LogP contribution in [0.3, 0.4) is 0 Å². The molecule has 5 fully saturated rings. The van der Waals surface area contributed by atoms with Crippen molar-refractivity contribution in [3.05, 3.63) is 102 Å². The number of hydrogen-bond acceptors (Lipinski definition) is 34. The fraction of sp³-hybridized carbons (Fsp3) is 0.550. The van der Waals surface area contributed by atoms with Crippen LogP contribution >= 0.6 is 0 Å². The van der Waals surface area contributed by atoms with Gasteiger partial charge in [-0.25, -0.2) is 14.4 Å². The van der Waals surface area contributed by atoms with Gasteiger partial charge in [0.25, 0.3) is 0 Å². The lowest BCUT2D eigenvalue weighted by Gasteiger charge is -2.51. The summed E-state index contributed by atoms with van der Waals surface area (Å²) in [7, 11) is 1.25. The Kier molecular flexibility index (Phi) is 25.3. The Hall–Kier alpha value is -6.95. The lowest BCUT2D eigenvalue weighted by molar-refractivity contribution is -0.423. The monoisotopic (exact) mass is 1340 g/mol. The van der Waals surface area contributed by atoms with Gasteiger partial charge in [-0.2, -0.15) is 0 Å². The molecule has 5 saturated heterocycles. The first-order valence-corrected chi connectivity index (χ1v) is 29.1. The summed E-state index contributed by atoms with van der Waals surface area (Å²) in [4.78, 5) is 67.5. The van der Waals surface area contributed by atoms with E-state index in [1.165, 1.54) is 79.9 Å². The molecule has 5 heterocycles. The third-order valence-corrected chi connectivity index (χ3v) is 15.5. The van der Waals surface area contributed by atoms with Crippen LogP contribution < -0.4 is 4.74 Å². The summed E-state index contributed by atoms with van der Waals surface area (Å²) in [5.74, 6) is -9.21. The van der Waals surface area contributed by atoms with E-state index in [4.69, 9.17) is 71.1 Å². The van der Waals surface area contributed by atoms with Gasteiger partial charge in [0.05, 0.1) is 32.5 Å². The fourth-order valence-corrected chi connectivity index (χ4v) is 10.5. The van der Waals surface area contributed by atoms with Crippen LogP contribution in [-0.4, -0.2) is 295 Å². The van der Waals surface area contributed by atoms with Crippen molar-refractivity contribution >= 4 is 42.0 Å². The van der Waals surface area contributed by atoms with Crippen LogP contribution in [0.25, 0.3) is 12.2 Å². The molecule has 0 saturated carbocycles. The van der Waals surface area contributed by atoms with E-state index < -0.39 is 216 Å². The first-order valence-electron chi connectivity index (χ1n) is 29.1. The molecule has 5 aliphatic rings. The van der Waals surface area contributed by atoms with Gasteiger partial charge in [-0.15, -0.1) is 0 Å². The molecule has 34 heteroatoms. The highest BCUT2D eigenvalue weighted by Gasteiger charge is 2.64. The van der Waals surface area contributed by atoms with E-state index in [0.29, 0.717) is 5.56 Å². The Balaban J connectivity index is 1.31. The fourth-order valence-electron chi connectivity index (χ4n) is 10.5. The highest BCUT2D eigenvalue weighted by atomic mass is 16.8. The molecular formula is C60H74O34. The van der Waals surface area contributed by atoms with E-state index in [9.17, 15) is 95.5 Å². The molecule has 3 aromatic carbocycles. The number of carbonyl (C=O) groups is 5. The number of carbonyl (C=O) groups excluding carboxylic acids is 5. The van der Waals surface area contributed by atoms with Gasteiger partial charge in [0, 0.05) is 26.0 Å². The molecule has 0 aromatic heterocycles. The second-order valence-corrected chi connectivity index (χ2v) is 22.0. The van der Waals surface area contributed by atoms with Crippen LogP contribution in [0.15, 0.2) is 84.9 Å². The Morgan fingerprint density at radius 2 is 1.02 bits per heavy atom. The molecule has 0 spiro atoms. The Morgan fingerprint density at radius 1 is 0.500 bits per heavy atom. The summed E-state index contributed by atoms with van der Waals surface area (Å²) in [6, 6.07) is 16.4. The lowest BCUT2D eigenvalue weighted by atomic mass is 9.95. The van der Waals surface area contributed by atoms with Gasteiger partial charge in [-0.3, -0.25) is 9.59 Å². The standard InChI is InChI=1S/C60H74O34/c1-26(64)81-23-37-43(72)51(89-56-47(76)45(74)41(70)34(20-61)84-56)49(78)58(86-37)90-52-50(88-40(69)18-13-29-11-16-32(67)33(19-29)80-3)38(24-82-27(2)65)87-59(53(52)91-57-48(77)46(75)42(71)35(21-62)85-57)94-60(25-83-39(68)17-12-28-9-14-31(66)15-10-28)54(44(73)36(22-63)93-60)92-55(79)30-7-5-4-6-8-30/h4-19,34-38,41-54,56-59,61-63,66-67,70-78H,20-25H2,1-3H3. The van der Waals surface area contributed by atoms with Crippen LogP contribution in [0.5, 0.6) is 17.2 Å². The van der Waals surface area contributed by atoms with Crippen LogP contribution in [-0.2, 0) is 85.5 Å². The zero-order valence-corrected chi connectivity index (χ0v) is 50.2. The van der Waals surface area contributed by atoms with E-state index in [0.717, 1.165) is 32.1 Å². The zero-order chi connectivity index (χ0) is 68.3. The van der Waals surface area contributed by atoms with Crippen molar-refractivity contribution in [3.8, 4) is 17.2 Å². The summed E-state index contributed by atoms with van der Waals surface area (Å²) in [6.45, 7) is -4.50. The van der Waals surface area contributed by atoms with Crippen LogP contribution in [0.4, 0.5) is 0 Å². The quantitative estimate of drug-likeness (QED) is 0.0215. The molecule has 0 bridgehead atoms. The largest absolute Gasteiger partial charge is 0.508 e. The van der Waals surface area contributed by atoms with Crippen molar-refractivity contribution in [3.63, 3.8) is 0 Å². The normalized spacial score (nSPS) is 36.0. The van der Waals surface area contributed by atoms with Gasteiger partial charge >= 0.3 is 29.8 Å². The minimum absolute atomic E-state index is 0.0402. The van der Waals surface area contributed by atoms with Crippen LogP contribution in [0, 0.1) is 0 Å². The highest BCUT2D eigenvalue weighted by Crippen LogP contribution is 2.43. The maximum atomic E-state index is 14.4. The number of hydrogen-bond donors (Lipinski definition) is 14. The molecule has 34 nitrogen and oxygen atoms in total. The summed E-state index contributed by atoms with van der Waals surface area (Å²) < 4.78 is 89.0. The average molecular weight is 1340 g/mol. The molecule has 3 aromatic rings. The van der Waals surface area contributed by atoms with Crippen molar-refractivity contribution < 1.29 is 167 Å². The maximum Gasteiger partial charge on any atom is 0.338 e. The topological polar surface area (TPSA) is 507 Å². The SMILES string of the molecule is COc1cc(C=CC(=O)OC2C(COC(C)=O)OC(OC3(COC(=O)C=Cc4ccc(O)cc4)OC(CO)C(O)C3OC(=O)c3ccccc3)C(OC3OC(CO)C(O)C(O)C3O)C2OC2OC(COC(C)=O)C(O)C(OC3OC(CO)C(O)C(O)C3O)C2O)ccc1O. The Morgan fingerprint density at radius 3 is 1.61 bits per heavy atom. The van der Waals surface area contributed by atoms with Gasteiger partial charge in [-0.05, 0) is 59.7 Å². The molecule has 94 heavy (non-hydrogen) atoms. The van der Waals surface area contributed by atoms with Gasteiger partial charge in [0.15, 0.2) is 48.9 Å². The molecular weight excluding hydrogens is 1260 g/mol. The minimum atomic E-state index is -3.01. The van der Waals surface area contributed by atoms with Crippen molar-refractivity contribution in [2.24, 2.45) is 0 Å². The summed E-state index contributed by atoms with van der Waals surface area (Å²) in [6.07, 6.45) is -45.8. The number of phenolic OH excluding ortho intramolecular Hbond substituents is 2. The van der Waals surface area contributed by atoms with Crippen LogP contribution in [0.1, 0.15) is 35.3 Å². The first kappa shape index (κ1) is 72.9. The minimum Gasteiger partial charge on any atom is -0.508 e. The number of esters is 5. The number of phenols is 2. The molecule has 24 unspecified atom stereocenters. The predicted molar refractivity (Wildman–Crippen MR) is 304 cm³/mol. The smallest absolute Gasteiger partial charge is 0.338 e. The van der Waals surface area contributed by atoms with E-state index in [2.05, 4.69) is 0 Å². The number of rotatable bonds is 25. The second-order valence-electron chi connectivity index (χ2n) is 22.0. The Bertz CT molecular complexity index is 3060. The predicted octanol–water partition coefficient (Wildman–Crippen LogP) is -4.97. The van der Waals surface area contributed by atoms with Crippen molar-refractivity contribution in [1.82, 2.24) is 0 Å². The number of benzene rings is 3. The van der Waals surface area contributed by atoms with E-state index >= 15 is 0 Å². The molecule has 14 N–H and O–H groups in total. The van der Waals surface area contributed by atoms with Crippen LogP contribution in [0.2, 0.25) is 0 Å². The number of aliphatic hydroxyl groups excluding tert-OH is 12. The molecule has 5 aliphatic heterocycles. The van der Waals surface area contributed by atoms with Gasteiger partial charge in [0.1, 0.15) is 129 Å². The van der Waals surface area contributed by atoms with Crippen molar-refractivity contribution in [1.29, 1.82) is 0 Å². The highest BCUT2D eigenvalue weighted by molar-refractivity contribution is 5.90. The van der Waals surface area contributed by atoms with Gasteiger partial charge in [0.2, 0.25) is 5.79 Å². The van der Waals surface area contributed by atoms with Gasteiger partial charge in [-0.1, -0.05) is 36.4 Å². The average Bonchev–Trinajstić information content (AvgIpc) is 1.37. The lowest BCUT2D eigenvalue weighted by Crippen LogP contribution is -2.69. The van der Waals surface area contributed by atoms with E-state index in [-0.39, 0.29) is 28.4 Å². The molecule has 0 aliphatic carbocycles. The summed E-state index contributed by atoms with van der Waals surface area (Å²) in [5.41, 5.74) is 0.408. The number of aliphatic hydroxyl groups is 12. The van der Waals surface area contributed by atoms with Gasteiger partial charge < -0.3 is 143 Å². The molecule has 8 rings (SSSR count). The second kappa shape index (κ2) is 32.7. The third kappa shape index (κ3) is 17.4. The maximum absolute atomic E-state index is 14.4. The molecule has 0 amide bonds. The first-order chi connectivity index (χ1) is 44.8. The molecule has 24 atom stereocenters. The summed E-state index contributed by atoms with van der Waals surface area (Å²) in [5, 5.41) is 154. The van der Waals surface area contributed by atoms with Crippen molar-refractivity contribution in [2.75, 3.05) is 46.8 Å². The van der Waals surface area contributed by atoms with Crippen molar-refractivity contribution in [2.45, 2.75) is 161 Å². The molecule has 518 valence electrons. The van der Waals surface area contributed by atoms with E-state index in [1.807, 2.05) is 0 Å². The van der Waals surface area contributed by atoms with E-state index in [1.54, 1.807) is 6.07 Å². The Labute approximate surface area is 533 Å². The molecule has 0 radical (unpaired) electrons. The summed E-state index contributed by atoms with van der Waals surface area (Å²) >= 11 is 0. The third-order valence-electron chi connectivity index (χ3n) is 15.5. The number of aromatic hydroxyl groups is 2. The zero-order valence-electron chi connectivity index (χ0n) is 50.2. The number of methoxy groups -OCH3 is 1.